The average Bonchev–Trinajstić information content (AvgIpc) is 2.13. The summed E-state index contributed by atoms with van der Waals surface area (Å²) in [5, 5.41) is 17.0. The van der Waals surface area contributed by atoms with E-state index in [4.69, 9.17) is 15.9 Å². The first-order valence-corrected chi connectivity index (χ1v) is 5.20. The second kappa shape index (κ2) is 5.52. The Balaban J connectivity index is 4.86. The molecule has 84 valence electrons. The van der Waals surface area contributed by atoms with Gasteiger partial charge < -0.3 is 15.9 Å². The van der Waals surface area contributed by atoms with Gasteiger partial charge in [0.1, 0.15) is 0 Å². The molecule has 0 saturated carbocycles. The summed E-state index contributed by atoms with van der Waals surface area (Å²) in [6.45, 7) is 0. The molecule has 0 aliphatic rings. The van der Waals surface area contributed by atoms with E-state index in [2.05, 4.69) is 0 Å². The summed E-state index contributed by atoms with van der Waals surface area (Å²) in [6.07, 6.45) is 2.82. The van der Waals surface area contributed by atoms with Crippen LogP contribution >= 0.6 is 11.8 Å². The minimum Gasteiger partial charge on any atom is -0.480 e. The van der Waals surface area contributed by atoms with Crippen LogP contribution in [0, 0.1) is 0 Å². The van der Waals surface area contributed by atoms with Crippen LogP contribution < -0.4 is 5.73 Å². The number of rotatable bonds is 6. The molecule has 0 heterocycles. The molecule has 0 spiro atoms. The fourth-order valence-corrected chi connectivity index (χ4v) is 1.48. The summed E-state index contributed by atoms with van der Waals surface area (Å²) in [5.41, 5.74) is 3.30. The van der Waals surface area contributed by atoms with Crippen LogP contribution in [0.4, 0.5) is 0 Å². The van der Waals surface area contributed by atoms with Gasteiger partial charge in [-0.1, -0.05) is 0 Å². The fourth-order valence-electron chi connectivity index (χ4n) is 0.762. The van der Waals surface area contributed by atoms with Crippen LogP contribution in [0.3, 0.4) is 0 Å². The maximum Gasteiger partial charge on any atom is 0.332 e. The van der Waals surface area contributed by atoms with Gasteiger partial charge in [0.05, 0.1) is 0 Å². The first-order valence-electron chi connectivity index (χ1n) is 3.81. The quantitative estimate of drug-likeness (QED) is 0.411. The smallest absolute Gasteiger partial charge is 0.332 e. The fraction of sp³-hybridized carbons (Fsp3) is 0.375. The van der Waals surface area contributed by atoms with E-state index in [0.29, 0.717) is 12.2 Å². The molecular formula is C8H11NO5S. The summed E-state index contributed by atoms with van der Waals surface area (Å²) < 4.78 is 0. The van der Waals surface area contributed by atoms with Crippen molar-refractivity contribution in [1.82, 2.24) is 0 Å². The Hall–Kier alpha value is -1.34. The zero-order chi connectivity index (χ0) is 12.1. The van der Waals surface area contributed by atoms with Gasteiger partial charge in [0.25, 0.3) is 0 Å². The van der Waals surface area contributed by atoms with Crippen molar-refractivity contribution in [3.05, 3.63) is 12.2 Å². The van der Waals surface area contributed by atoms with Gasteiger partial charge in [0.2, 0.25) is 0 Å². The van der Waals surface area contributed by atoms with E-state index in [1.807, 2.05) is 0 Å². The summed E-state index contributed by atoms with van der Waals surface area (Å²) in [6, 6.07) is 0. The number of hydrogen-bond donors (Lipinski definition) is 3. The van der Waals surface area contributed by atoms with Crippen molar-refractivity contribution >= 4 is 29.5 Å². The van der Waals surface area contributed by atoms with Crippen molar-refractivity contribution < 1.29 is 24.6 Å². The summed E-state index contributed by atoms with van der Waals surface area (Å²) >= 11 is 1.09. The van der Waals surface area contributed by atoms with E-state index in [-0.39, 0.29) is 5.75 Å². The second-order valence-electron chi connectivity index (χ2n) is 2.75. The Morgan fingerprint density at radius 2 is 1.87 bits per heavy atom. The van der Waals surface area contributed by atoms with E-state index < -0.39 is 23.3 Å². The molecule has 0 aliphatic carbocycles. The maximum absolute atomic E-state index is 11.3. The molecule has 0 radical (unpaired) electrons. The second-order valence-corrected chi connectivity index (χ2v) is 3.61. The van der Waals surface area contributed by atoms with Gasteiger partial charge >= 0.3 is 11.9 Å². The van der Waals surface area contributed by atoms with Crippen molar-refractivity contribution in [1.29, 1.82) is 0 Å². The number of hydrogen-bond acceptors (Lipinski definition) is 5. The van der Waals surface area contributed by atoms with Crippen LogP contribution in [0.25, 0.3) is 0 Å². The molecule has 4 N–H and O–H groups in total. The van der Waals surface area contributed by atoms with E-state index in [0.717, 1.165) is 11.8 Å². The number of aliphatic carboxylic acids is 2. The lowest BCUT2D eigenvalue weighted by Crippen LogP contribution is -2.56. The van der Waals surface area contributed by atoms with E-state index in [9.17, 15) is 14.4 Å². The molecule has 0 fully saturated rings. The number of carboxylic acid groups (broad SMARTS) is 2. The van der Waals surface area contributed by atoms with Crippen LogP contribution in [-0.2, 0) is 14.4 Å². The van der Waals surface area contributed by atoms with Crippen LogP contribution in [0.2, 0.25) is 0 Å². The highest BCUT2D eigenvalue weighted by Crippen LogP contribution is 2.11. The number of carbonyl (C=O) groups excluding carboxylic acids is 1. The number of nitrogens with two attached hydrogens (primary N) is 1. The molecule has 6 nitrogen and oxygen atoms in total. The van der Waals surface area contributed by atoms with Gasteiger partial charge in [-0.2, -0.15) is 11.8 Å². The maximum atomic E-state index is 11.3. The predicted octanol–water partition coefficient (Wildman–Crippen LogP) is -0.659. The van der Waals surface area contributed by atoms with Crippen LogP contribution in [0.1, 0.15) is 0 Å². The minimum absolute atomic E-state index is 0.120. The van der Waals surface area contributed by atoms with Gasteiger partial charge in [-0.3, -0.25) is 4.79 Å². The third kappa shape index (κ3) is 3.72. The first kappa shape index (κ1) is 13.7. The summed E-state index contributed by atoms with van der Waals surface area (Å²) in [7, 11) is 0. The van der Waals surface area contributed by atoms with Gasteiger partial charge in [0.15, 0.2) is 11.3 Å². The minimum atomic E-state index is -2.06. The lowest BCUT2D eigenvalue weighted by molar-refractivity contribution is -0.146. The topological polar surface area (TPSA) is 118 Å². The SMILES string of the molecule is CSCC(N)(C(=O)O)C(=O)C=CC(=O)O. The molecule has 0 amide bonds. The highest BCUT2D eigenvalue weighted by molar-refractivity contribution is 7.98. The molecule has 0 aliphatic heterocycles. The van der Waals surface area contributed by atoms with Crippen LogP contribution in [-0.4, -0.2) is 45.5 Å². The summed E-state index contributed by atoms with van der Waals surface area (Å²) in [4.78, 5) is 32.2. The molecule has 7 heteroatoms. The van der Waals surface area contributed by atoms with Crippen molar-refractivity contribution in [2.75, 3.05) is 12.0 Å². The van der Waals surface area contributed by atoms with Crippen molar-refractivity contribution in [2.24, 2.45) is 5.73 Å². The Morgan fingerprint density at radius 1 is 1.33 bits per heavy atom. The Bertz CT molecular complexity index is 314. The lowest BCUT2D eigenvalue weighted by Gasteiger charge is -2.19. The van der Waals surface area contributed by atoms with Gasteiger partial charge in [-0.25, -0.2) is 9.59 Å². The third-order valence-electron chi connectivity index (χ3n) is 1.57. The highest BCUT2D eigenvalue weighted by Gasteiger charge is 2.40. The number of carboxylic acids is 2. The zero-order valence-electron chi connectivity index (χ0n) is 7.97. The van der Waals surface area contributed by atoms with Crippen molar-refractivity contribution in [2.45, 2.75) is 5.54 Å². The lowest BCUT2D eigenvalue weighted by atomic mass is 9.97. The van der Waals surface area contributed by atoms with Crippen molar-refractivity contribution in [3.63, 3.8) is 0 Å². The van der Waals surface area contributed by atoms with Gasteiger partial charge in [-0.05, 0) is 12.3 Å². The van der Waals surface area contributed by atoms with Gasteiger partial charge in [0, 0.05) is 11.8 Å². The molecule has 0 saturated heterocycles. The average molecular weight is 233 g/mol. The third-order valence-corrected chi connectivity index (χ3v) is 2.31. The number of thioether (sulfide) groups is 1. The summed E-state index contributed by atoms with van der Waals surface area (Å²) in [5.74, 6) is -3.87. The van der Waals surface area contributed by atoms with Crippen molar-refractivity contribution in [3.8, 4) is 0 Å². The molecule has 0 aromatic rings. The first-order chi connectivity index (χ1) is 6.84. The monoisotopic (exact) mass is 233 g/mol. The Kier molecular flexibility index (Phi) is 5.03. The molecule has 0 rings (SSSR count). The van der Waals surface area contributed by atoms with Crippen LogP contribution in [0.5, 0.6) is 0 Å². The molecule has 0 aromatic heterocycles. The van der Waals surface area contributed by atoms with Gasteiger partial charge in [-0.15, -0.1) is 0 Å². The molecule has 1 unspecified atom stereocenters. The standard InChI is InChI=1S/C8H11NO5S/c1-15-4-8(9,7(13)14)5(10)2-3-6(11)12/h2-3H,4,9H2,1H3,(H,11,12)(H,13,14). The Labute approximate surface area is 90.1 Å². The largest absolute Gasteiger partial charge is 0.480 e. The Morgan fingerprint density at radius 3 is 2.20 bits per heavy atom. The highest BCUT2D eigenvalue weighted by atomic mass is 32.2. The van der Waals surface area contributed by atoms with Crippen LogP contribution in [0.15, 0.2) is 12.2 Å². The number of ketones is 1. The molecular weight excluding hydrogens is 222 g/mol. The predicted molar refractivity (Wildman–Crippen MR) is 54.7 cm³/mol. The molecule has 0 aromatic carbocycles. The zero-order valence-corrected chi connectivity index (χ0v) is 8.78. The van der Waals surface area contributed by atoms with E-state index >= 15 is 0 Å². The van der Waals surface area contributed by atoms with E-state index in [1.165, 1.54) is 0 Å². The van der Waals surface area contributed by atoms with E-state index in [1.54, 1.807) is 6.26 Å². The molecule has 0 bridgehead atoms. The normalized spacial score (nSPS) is 14.8. The molecule has 15 heavy (non-hydrogen) atoms. The number of carbonyl (C=O) groups is 3. The molecule has 1 atom stereocenters.